The number of furan rings is 1. The number of hydrogen-bond donors (Lipinski definition) is 0. The second kappa shape index (κ2) is 7.75. The summed E-state index contributed by atoms with van der Waals surface area (Å²) >= 11 is 0. The quantitative estimate of drug-likeness (QED) is 0.270. The van der Waals surface area contributed by atoms with Crippen LogP contribution in [0.25, 0.3) is 11.0 Å². The van der Waals surface area contributed by atoms with Crippen LogP contribution in [-0.2, 0) is 4.74 Å². The second-order valence-electron chi connectivity index (χ2n) is 6.80. The fourth-order valence-corrected chi connectivity index (χ4v) is 3.43. The molecule has 0 spiro atoms. The minimum atomic E-state index is -0.800. The maximum atomic E-state index is 12.3. The topological polar surface area (TPSA) is 103 Å². The third kappa shape index (κ3) is 3.82. The molecule has 3 aromatic rings. The van der Waals surface area contributed by atoms with Gasteiger partial charge in [-0.2, -0.15) is 0 Å². The Bertz CT molecular complexity index is 1060. The summed E-state index contributed by atoms with van der Waals surface area (Å²) in [5.41, 5.74) is 0.930. The third-order valence-electron chi connectivity index (χ3n) is 4.89. The van der Waals surface area contributed by atoms with E-state index >= 15 is 0 Å². The Morgan fingerprint density at radius 1 is 1.10 bits per heavy atom. The summed E-state index contributed by atoms with van der Waals surface area (Å²) < 4.78 is 10.5. The van der Waals surface area contributed by atoms with Gasteiger partial charge in [0.2, 0.25) is 5.78 Å². The third-order valence-corrected chi connectivity index (χ3v) is 4.89. The molecule has 0 saturated carbocycles. The van der Waals surface area contributed by atoms with Crippen LogP contribution in [0.15, 0.2) is 52.9 Å². The number of para-hydroxylation sites is 1. The maximum absolute atomic E-state index is 12.3. The Morgan fingerprint density at radius 3 is 2.59 bits per heavy atom. The lowest BCUT2D eigenvalue weighted by Crippen LogP contribution is -2.19. The number of fused-ring (bicyclic) bond motifs is 1. The fraction of sp³-hybridized carbons (Fsp3) is 0.238. The molecule has 148 valence electrons. The molecule has 0 atom stereocenters. The molecule has 0 amide bonds. The Morgan fingerprint density at radius 2 is 1.86 bits per heavy atom. The number of ketones is 1. The SMILES string of the molecule is O=C(OCC(=O)c1cc2ccccc2o1)c1ccc(N2CCCC2)c([N+](=O)[O-])c1. The van der Waals surface area contributed by atoms with Crippen LogP contribution in [-0.4, -0.2) is 36.4 Å². The van der Waals surface area contributed by atoms with Crippen LogP contribution in [0.5, 0.6) is 0 Å². The van der Waals surface area contributed by atoms with Crippen LogP contribution in [0, 0.1) is 10.1 Å². The van der Waals surface area contributed by atoms with Crippen molar-refractivity contribution in [3.8, 4) is 0 Å². The smallest absolute Gasteiger partial charge is 0.338 e. The molecule has 8 heteroatoms. The zero-order chi connectivity index (χ0) is 20.4. The van der Waals surface area contributed by atoms with Crippen molar-refractivity contribution in [3.05, 3.63) is 70.0 Å². The first-order valence-corrected chi connectivity index (χ1v) is 9.25. The van der Waals surface area contributed by atoms with Crippen molar-refractivity contribution >= 4 is 34.1 Å². The standard InChI is InChI=1S/C21H18N2O6/c24-18(20-12-14-5-1-2-6-19(14)29-20)13-28-21(25)15-7-8-16(17(11-15)23(26)27)22-9-3-4-10-22/h1-2,5-8,11-12H,3-4,9-10,13H2. The van der Waals surface area contributed by atoms with Gasteiger partial charge in [0.15, 0.2) is 12.4 Å². The van der Waals surface area contributed by atoms with Gasteiger partial charge in [-0.15, -0.1) is 0 Å². The summed E-state index contributed by atoms with van der Waals surface area (Å²) in [7, 11) is 0. The summed E-state index contributed by atoms with van der Waals surface area (Å²) in [5.74, 6) is -1.20. The van der Waals surface area contributed by atoms with E-state index in [1.54, 1.807) is 24.3 Å². The lowest BCUT2D eigenvalue weighted by atomic mass is 10.1. The minimum Gasteiger partial charge on any atom is -0.454 e. The molecule has 1 aromatic heterocycles. The van der Waals surface area contributed by atoms with Crippen molar-refractivity contribution in [1.29, 1.82) is 0 Å². The molecule has 29 heavy (non-hydrogen) atoms. The predicted molar refractivity (Wildman–Crippen MR) is 105 cm³/mol. The summed E-state index contributed by atoms with van der Waals surface area (Å²) in [6.07, 6.45) is 1.95. The van der Waals surface area contributed by atoms with E-state index in [4.69, 9.17) is 9.15 Å². The van der Waals surface area contributed by atoms with E-state index in [1.165, 1.54) is 12.1 Å². The average Bonchev–Trinajstić information content (AvgIpc) is 3.41. The highest BCUT2D eigenvalue weighted by molar-refractivity contribution is 6.00. The van der Waals surface area contributed by atoms with Gasteiger partial charge in [-0.25, -0.2) is 4.79 Å². The van der Waals surface area contributed by atoms with Gasteiger partial charge in [0.05, 0.1) is 10.5 Å². The van der Waals surface area contributed by atoms with E-state index in [2.05, 4.69) is 0 Å². The highest BCUT2D eigenvalue weighted by Gasteiger charge is 2.24. The van der Waals surface area contributed by atoms with Gasteiger partial charge in [0, 0.05) is 24.5 Å². The molecule has 2 aromatic carbocycles. The summed E-state index contributed by atoms with van der Waals surface area (Å²) in [6, 6.07) is 13.0. The first-order valence-electron chi connectivity index (χ1n) is 9.25. The van der Waals surface area contributed by atoms with Gasteiger partial charge in [0.25, 0.3) is 5.69 Å². The van der Waals surface area contributed by atoms with Gasteiger partial charge in [-0.3, -0.25) is 14.9 Å². The number of hydrogen-bond acceptors (Lipinski definition) is 7. The van der Waals surface area contributed by atoms with Crippen LogP contribution in [0.1, 0.15) is 33.8 Å². The summed E-state index contributed by atoms with van der Waals surface area (Å²) in [6.45, 7) is 0.980. The van der Waals surface area contributed by atoms with Crippen LogP contribution >= 0.6 is 0 Å². The van der Waals surface area contributed by atoms with Gasteiger partial charge >= 0.3 is 5.97 Å². The number of carbonyl (C=O) groups is 2. The molecular weight excluding hydrogens is 376 g/mol. The zero-order valence-electron chi connectivity index (χ0n) is 15.5. The zero-order valence-corrected chi connectivity index (χ0v) is 15.5. The largest absolute Gasteiger partial charge is 0.454 e. The highest BCUT2D eigenvalue weighted by Crippen LogP contribution is 2.31. The van der Waals surface area contributed by atoms with Crippen LogP contribution in [0.2, 0.25) is 0 Å². The number of esters is 1. The first-order chi connectivity index (χ1) is 14.0. The Hall–Kier alpha value is -3.68. The molecule has 8 nitrogen and oxygen atoms in total. The molecule has 2 heterocycles. The Kier molecular flexibility index (Phi) is 4.99. The van der Waals surface area contributed by atoms with Crippen molar-refractivity contribution in [2.75, 3.05) is 24.6 Å². The van der Waals surface area contributed by atoms with E-state index in [-0.39, 0.29) is 17.0 Å². The molecule has 0 unspecified atom stereocenters. The molecule has 0 N–H and O–H groups in total. The van der Waals surface area contributed by atoms with Crippen molar-refractivity contribution in [2.45, 2.75) is 12.8 Å². The van der Waals surface area contributed by atoms with E-state index < -0.39 is 23.3 Å². The molecular formula is C21H18N2O6. The molecule has 1 saturated heterocycles. The van der Waals surface area contributed by atoms with E-state index in [9.17, 15) is 19.7 Å². The average molecular weight is 394 g/mol. The minimum absolute atomic E-state index is 0.0250. The number of nitrogens with zero attached hydrogens (tertiary/aromatic N) is 2. The van der Waals surface area contributed by atoms with Crippen LogP contribution in [0.4, 0.5) is 11.4 Å². The molecule has 1 fully saturated rings. The summed E-state index contributed by atoms with van der Waals surface area (Å²) in [5, 5.41) is 12.2. The molecule has 0 radical (unpaired) electrons. The normalized spacial score (nSPS) is 13.6. The van der Waals surface area contributed by atoms with E-state index in [1.807, 2.05) is 17.0 Å². The number of carbonyl (C=O) groups excluding carboxylic acids is 2. The molecule has 1 aliphatic rings. The van der Waals surface area contributed by atoms with Gasteiger partial charge in [-0.05, 0) is 37.1 Å². The van der Waals surface area contributed by atoms with Crippen molar-refractivity contribution in [3.63, 3.8) is 0 Å². The second-order valence-corrected chi connectivity index (χ2v) is 6.80. The van der Waals surface area contributed by atoms with Crippen molar-refractivity contribution in [2.24, 2.45) is 0 Å². The fourth-order valence-electron chi connectivity index (χ4n) is 3.43. The molecule has 1 aliphatic heterocycles. The number of Topliss-reactive ketones (excluding diaryl/α,β-unsaturated/α-hetero) is 1. The van der Waals surface area contributed by atoms with Gasteiger partial charge in [0.1, 0.15) is 11.3 Å². The highest BCUT2D eigenvalue weighted by atomic mass is 16.6. The lowest BCUT2D eigenvalue weighted by molar-refractivity contribution is -0.384. The maximum Gasteiger partial charge on any atom is 0.338 e. The van der Waals surface area contributed by atoms with E-state index in [0.29, 0.717) is 11.3 Å². The number of nitro benzene ring substituents is 1. The molecule has 0 aliphatic carbocycles. The number of ether oxygens (including phenoxy) is 1. The number of rotatable bonds is 6. The molecule has 4 rings (SSSR count). The van der Waals surface area contributed by atoms with E-state index in [0.717, 1.165) is 31.3 Å². The number of nitro groups is 1. The summed E-state index contributed by atoms with van der Waals surface area (Å²) in [4.78, 5) is 37.5. The van der Waals surface area contributed by atoms with Crippen LogP contribution in [0.3, 0.4) is 0 Å². The van der Waals surface area contributed by atoms with Crippen LogP contribution < -0.4 is 4.90 Å². The van der Waals surface area contributed by atoms with Gasteiger partial charge in [-0.1, -0.05) is 18.2 Å². The lowest BCUT2D eigenvalue weighted by Gasteiger charge is -2.17. The molecule has 0 bridgehead atoms. The number of benzene rings is 2. The number of anilines is 1. The predicted octanol–water partition coefficient (Wildman–Crippen LogP) is 3.98. The first kappa shape index (κ1) is 18.7. The van der Waals surface area contributed by atoms with Crippen molar-refractivity contribution < 1.29 is 23.7 Å². The Labute approximate surface area is 165 Å². The van der Waals surface area contributed by atoms with Gasteiger partial charge < -0.3 is 14.1 Å². The monoisotopic (exact) mass is 394 g/mol. The van der Waals surface area contributed by atoms with Crippen molar-refractivity contribution in [1.82, 2.24) is 0 Å². The Balaban J connectivity index is 1.47.